The minimum atomic E-state index is -0.480. The first-order chi connectivity index (χ1) is 13.0. The molecule has 0 aliphatic heterocycles. The largest absolute Gasteiger partial charge is 0.496 e. The van der Waals surface area contributed by atoms with Gasteiger partial charge >= 0.3 is 12.0 Å². The number of para-hydroxylation sites is 1. The number of amides is 2. The van der Waals surface area contributed by atoms with Gasteiger partial charge in [0, 0.05) is 17.8 Å². The quantitative estimate of drug-likeness (QED) is 0.730. The van der Waals surface area contributed by atoms with E-state index in [0.29, 0.717) is 17.0 Å². The number of nitrogens with one attached hydrogen (secondary N) is 1. The highest BCUT2D eigenvalue weighted by atomic mass is 16.5. The molecule has 0 spiro atoms. The Morgan fingerprint density at radius 2 is 1.89 bits per heavy atom. The molecule has 7 nitrogen and oxygen atoms in total. The Labute approximate surface area is 158 Å². The summed E-state index contributed by atoms with van der Waals surface area (Å²) in [5.41, 5.74) is 2.48. The van der Waals surface area contributed by atoms with E-state index < -0.39 is 5.97 Å². The average molecular weight is 372 g/mol. The van der Waals surface area contributed by atoms with Crippen LogP contribution in [0.2, 0.25) is 0 Å². The predicted octanol–water partition coefficient (Wildman–Crippen LogP) is 2.82. The maximum atomic E-state index is 12.8. The second-order valence-electron chi connectivity index (χ2n) is 5.91. The number of carbonyl (C=O) groups excluding carboxylic acids is 2. The molecule has 0 heterocycles. The molecule has 0 aliphatic carbocycles. The minimum Gasteiger partial charge on any atom is -0.496 e. The third-order valence-electron chi connectivity index (χ3n) is 4.11. The SMILES string of the molecule is COC(=O)c1ccc(C)c(NC(=O)N(CCO)Cc2ccccc2OC)c1. The first-order valence-corrected chi connectivity index (χ1v) is 8.47. The Morgan fingerprint density at radius 1 is 1.15 bits per heavy atom. The summed E-state index contributed by atoms with van der Waals surface area (Å²) in [5, 5.41) is 12.1. The molecule has 2 aromatic carbocycles. The molecule has 7 heteroatoms. The van der Waals surface area contributed by atoms with Crippen LogP contribution in [0.3, 0.4) is 0 Å². The van der Waals surface area contributed by atoms with Gasteiger partial charge in [0.15, 0.2) is 0 Å². The van der Waals surface area contributed by atoms with Crippen LogP contribution in [0.5, 0.6) is 5.75 Å². The number of urea groups is 1. The lowest BCUT2D eigenvalue weighted by Gasteiger charge is -2.24. The number of methoxy groups -OCH3 is 2. The van der Waals surface area contributed by atoms with Gasteiger partial charge in [0.2, 0.25) is 0 Å². The number of anilines is 1. The van der Waals surface area contributed by atoms with E-state index in [2.05, 4.69) is 5.32 Å². The van der Waals surface area contributed by atoms with E-state index in [1.54, 1.807) is 25.3 Å². The number of aliphatic hydroxyl groups is 1. The third-order valence-corrected chi connectivity index (χ3v) is 4.11. The van der Waals surface area contributed by atoms with E-state index in [1.165, 1.54) is 12.0 Å². The van der Waals surface area contributed by atoms with E-state index in [1.807, 2.05) is 31.2 Å². The van der Waals surface area contributed by atoms with Crippen LogP contribution in [0.25, 0.3) is 0 Å². The molecule has 0 fully saturated rings. The van der Waals surface area contributed by atoms with Crippen LogP contribution < -0.4 is 10.1 Å². The predicted molar refractivity (Wildman–Crippen MR) is 102 cm³/mol. The summed E-state index contributed by atoms with van der Waals surface area (Å²) in [5.74, 6) is 0.184. The monoisotopic (exact) mass is 372 g/mol. The van der Waals surface area contributed by atoms with Crippen molar-refractivity contribution in [2.45, 2.75) is 13.5 Å². The van der Waals surface area contributed by atoms with Gasteiger partial charge in [0.25, 0.3) is 0 Å². The number of nitrogens with zero attached hydrogens (tertiary/aromatic N) is 1. The van der Waals surface area contributed by atoms with Crippen LogP contribution in [0.4, 0.5) is 10.5 Å². The zero-order valence-electron chi connectivity index (χ0n) is 15.7. The van der Waals surface area contributed by atoms with Crippen LogP contribution in [0.1, 0.15) is 21.5 Å². The summed E-state index contributed by atoms with van der Waals surface area (Å²) in [6, 6.07) is 11.9. The maximum Gasteiger partial charge on any atom is 0.337 e. The lowest BCUT2D eigenvalue weighted by molar-refractivity contribution is 0.0600. The number of aliphatic hydroxyl groups excluding tert-OH is 1. The van der Waals surface area contributed by atoms with Crippen molar-refractivity contribution in [2.75, 3.05) is 32.7 Å². The zero-order valence-corrected chi connectivity index (χ0v) is 15.7. The van der Waals surface area contributed by atoms with Crippen molar-refractivity contribution in [1.29, 1.82) is 0 Å². The second kappa shape index (κ2) is 9.59. The van der Waals surface area contributed by atoms with Crippen LogP contribution >= 0.6 is 0 Å². The number of carbonyl (C=O) groups is 2. The summed E-state index contributed by atoms with van der Waals surface area (Å²) in [4.78, 5) is 25.9. The molecule has 0 atom stereocenters. The number of esters is 1. The smallest absolute Gasteiger partial charge is 0.337 e. The normalized spacial score (nSPS) is 10.2. The van der Waals surface area contributed by atoms with E-state index in [-0.39, 0.29) is 25.7 Å². The van der Waals surface area contributed by atoms with E-state index >= 15 is 0 Å². The minimum absolute atomic E-state index is 0.152. The topological polar surface area (TPSA) is 88.1 Å². The first kappa shape index (κ1) is 20.3. The fourth-order valence-corrected chi connectivity index (χ4v) is 2.61. The highest BCUT2D eigenvalue weighted by Gasteiger charge is 2.17. The van der Waals surface area contributed by atoms with Crippen molar-refractivity contribution >= 4 is 17.7 Å². The van der Waals surface area contributed by atoms with Gasteiger partial charge in [-0.25, -0.2) is 9.59 Å². The molecule has 0 bridgehead atoms. The molecule has 144 valence electrons. The van der Waals surface area contributed by atoms with Crippen molar-refractivity contribution in [1.82, 2.24) is 4.90 Å². The van der Waals surface area contributed by atoms with Crippen molar-refractivity contribution in [2.24, 2.45) is 0 Å². The van der Waals surface area contributed by atoms with Crippen LogP contribution in [-0.4, -0.2) is 49.4 Å². The van der Waals surface area contributed by atoms with Crippen LogP contribution in [-0.2, 0) is 11.3 Å². The molecule has 2 N–H and O–H groups in total. The standard InChI is InChI=1S/C20H24N2O5/c1-14-8-9-15(19(24)27-3)12-17(14)21-20(25)22(10-11-23)13-16-6-4-5-7-18(16)26-2/h4-9,12,23H,10-11,13H2,1-3H3,(H,21,25). The van der Waals surface area contributed by atoms with E-state index in [4.69, 9.17) is 9.47 Å². The van der Waals surface area contributed by atoms with Gasteiger partial charge < -0.3 is 24.8 Å². The van der Waals surface area contributed by atoms with Gasteiger partial charge in [-0.1, -0.05) is 24.3 Å². The number of hydrogen-bond acceptors (Lipinski definition) is 5. The highest BCUT2D eigenvalue weighted by molar-refractivity contribution is 5.94. The molecule has 0 saturated carbocycles. The molecule has 0 unspecified atom stereocenters. The Morgan fingerprint density at radius 3 is 2.56 bits per heavy atom. The Kier molecular flexibility index (Phi) is 7.19. The fourth-order valence-electron chi connectivity index (χ4n) is 2.61. The number of rotatable bonds is 7. The molecule has 0 aromatic heterocycles. The van der Waals surface area contributed by atoms with Crippen molar-refractivity contribution in [3.05, 3.63) is 59.2 Å². The second-order valence-corrected chi connectivity index (χ2v) is 5.91. The molecule has 0 saturated heterocycles. The molecule has 2 rings (SSSR count). The highest BCUT2D eigenvalue weighted by Crippen LogP contribution is 2.21. The molecule has 27 heavy (non-hydrogen) atoms. The number of ether oxygens (including phenoxy) is 2. The zero-order chi connectivity index (χ0) is 19.8. The molecule has 2 aromatic rings. The summed E-state index contributed by atoms with van der Waals surface area (Å²) in [6.45, 7) is 2.07. The Hall–Kier alpha value is -3.06. The Balaban J connectivity index is 2.21. The van der Waals surface area contributed by atoms with E-state index in [0.717, 1.165) is 11.1 Å². The lowest BCUT2D eigenvalue weighted by Crippen LogP contribution is -2.36. The van der Waals surface area contributed by atoms with Crippen LogP contribution in [0.15, 0.2) is 42.5 Å². The van der Waals surface area contributed by atoms with Crippen LogP contribution in [0, 0.1) is 6.92 Å². The van der Waals surface area contributed by atoms with Crippen molar-refractivity contribution in [3.63, 3.8) is 0 Å². The molecule has 2 amide bonds. The average Bonchev–Trinajstić information content (AvgIpc) is 2.69. The van der Waals surface area contributed by atoms with Gasteiger partial charge in [-0.3, -0.25) is 0 Å². The fraction of sp³-hybridized carbons (Fsp3) is 0.300. The van der Waals surface area contributed by atoms with Gasteiger partial charge in [-0.15, -0.1) is 0 Å². The first-order valence-electron chi connectivity index (χ1n) is 8.47. The molecule has 0 radical (unpaired) electrons. The van der Waals surface area contributed by atoms with Crippen molar-refractivity contribution < 1.29 is 24.2 Å². The summed E-state index contributed by atoms with van der Waals surface area (Å²) in [7, 11) is 2.87. The molecular weight excluding hydrogens is 348 g/mol. The Bertz CT molecular complexity index is 807. The summed E-state index contributed by atoms with van der Waals surface area (Å²) >= 11 is 0. The summed E-state index contributed by atoms with van der Waals surface area (Å²) in [6.07, 6.45) is 0. The van der Waals surface area contributed by atoms with Gasteiger partial charge in [0.1, 0.15) is 5.75 Å². The molecular formula is C20H24N2O5. The molecule has 0 aliphatic rings. The summed E-state index contributed by atoms with van der Waals surface area (Å²) < 4.78 is 10.0. The maximum absolute atomic E-state index is 12.8. The van der Waals surface area contributed by atoms with E-state index in [9.17, 15) is 14.7 Å². The number of hydrogen-bond donors (Lipinski definition) is 2. The third kappa shape index (κ3) is 5.21. The van der Waals surface area contributed by atoms with Gasteiger partial charge in [-0.05, 0) is 30.7 Å². The number of aryl methyl sites for hydroxylation is 1. The van der Waals surface area contributed by atoms with Gasteiger partial charge in [0.05, 0.1) is 32.9 Å². The number of benzene rings is 2. The van der Waals surface area contributed by atoms with Crippen molar-refractivity contribution in [3.8, 4) is 5.75 Å². The van der Waals surface area contributed by atoms with Gasteiger partial charge in [-0.2, -0.15) is 0 Å². The lowest BCUT2D eigenvalue weighted by atomic mass is 10.1.